The molecule has 0 aliphatic carbocycles. The Morgan fingerprint density at radius 2 is 2.11 bits per heavy atom. The molecule has 4 heteroatoms. The normalized spacial score (nSPS) is 10.9. The first-order valence-electron chi connectivity index (χ1n) is 5.74. The van der Waals surface area contributed by atoms with E-state index in [1.54, 1.807) is 0 Å². The van der Waals surface area contributed by atoms with E-state index in [1.165, 1.54) is 0 Å². The first kappa shape index (κ1) is 11.4. The van der Waals surface area contributed by atoms with Gasteiger partial charge in [0.15, 0.2) is 0 Å². The molecule has 3 aromatic rings. The standard InChI is InChI=1S/C14H11NO2Se/c1-2-17-14(16)12-8-10-7-9-5-3-4-6-11(9)15-13(10)18-12/h3-8H,2H2,1H3. The summed E-state index contributed by atoms with van der Waals surface area (Å²) in [6, 6.07) is 12.0. The van der Waals surface area contributed by atoms with Crippen molar-refractivity contribution in [2.24, 2.45) is 0 Å². The van der Waals surface area contributed by atoms with E-state index >= 15 is 0 Å². The summed E-state index contributed by atoms with van der Waals surface area (Å²) in [5.74, 6) is -0.209. The molecule has 0 fully saturated rings. The van der Waals surface area contributed by atoms with Crippen LogP contribution in [0.15, 0.2) is 36.4 Å². The number of hydrogen-bond acceptors (Lipinski definition) is 3. The minimum absolute atomic E-state index is 0.0361. The molecule has 2 aromatic heterocycles. The van der Waals surface area contributed by atoms with Crippen LogP contribution in [0.1, 0.15) is 16.2 Å². The van der Waals surface area contributed by atoms with Crippen molar-refractivity contribution in [3.63, 3.8) is 0 Å². The van der Waals surface area contributed by atoms with Crippen molar-refractivity contribution in [3.05, 3.63) is 40.8 Å². The second kappa shape index (κ2) is 4.56. The number of para-hydroxylation sites is 1. The first-order valence-corrected chi connectivity index (χ1v) is 7.45. The molecule has 2 heterocycles. The Bertz CT molecular complexity index is 680. The number of hydrogen-bond donors (Lipinski definition) is 0. The van der Waals surface area contributed by atoms with Crippen molar-refractivity contribution in [1.82, 2.24) is 4.98 Å². The zero-order valence-corrected chi connectivity index (χ0v) is 11.6. The molecule has 0 aliphatic rings. The van der Waals surface area contributed by atoms with Gasteiger partial charge in [-0.3, -0.25) is 0 Å². The van der Waals surface area contributed by atoms with E-state index in [9.17, 15) is 4.79 Å². The van der Waals surface area contributed by atoms with E-state index in [2.05, 4.69) is 11.1 Å². The van der Waals surface area contributed by atoms with Gasteiger partial charge < -0.3 is 0 Å². The van der Waals surface area contributed by atoms with Gasteiger partial charge in [-0.15, -0.1) is 0 Å². The number of pyridine rings is 1. The van der Waals surface area contributed by atoms with Crippen LogP contribution < -0.4 is 0 Å². The zero-order valence-electron chi connectivity index (χ0n) is 9.84. The van der Waals surface area contributed by atoms with Crippen LogP contribution in [0.3, 0.4) is 0 Å². The van der Waals surface area contributed by atoms with Gasteiger partial charge in [-0.1, -0.05) is 0 Å². The molecule has 0 unspecified atom stereocenters. The van der Waals surface area contributed by atoms with Crippen LogP contribution in [-0.4, -0.2) is 32.1 Å². The number of rotatable bonds is 2. The number of ether oxygens (including phenoxy) is 1. The van der Waals surface area contributed by atoms with Gasteiger partial charge in [-0.2, -0.15) is 0 Å². The molecule has 3 rings (SSSR count). The van der Waals surface area contributed by atoms with Crippen molar-refractivity contribution < 1.29 is 9.53 Å². The molecule has 0 N–H and O–H groups in total. The molecule has 0 aliphatic heterocycles. The topological polar surface area (TPSA) is 39.2 Å². The number of carbonyl (C=O) groups is 1. The van der Waals surface area contributed by atoms with Gasteiger partial charge in [0.1, 0.15) is 0 Å². The van der Waals surface area contributed by atoms with Crippen LogP contribution in [0.5, 0.6) is 0 Å². The Hall–Kier alpha value is -1.64. The SMILES string of the molecule is CCOC(=O)c1cc2cc3ccccc3nc2[se]1. The summed E-state index contributed by atoms with van der Waals surface area (Å²) in [6.45, 7) is 2.23. The van der Waals surface area contributed by atoms with Gasteiger partial charge in [0.25, 0.3) is 0 Å². The summed E-state index contributed by atoms with van der Waals surface area (Å²) in [6.07, 6.45) is 0. The molecule has 1 aromatic carbocycles. The van der Waals surface area contributed by atoms with Crippen LogP contribution in [0, 0.1) is 0 Å². The Balaban J connectivity index is 2.16. The fraction of sp³-hybridized carbons (Fsp3) is 0.143. The van der Waals surface area contributed by atoms with E-state index in [0.29, 0.717) is 6.61 Å². The Morgan fingerprint density at radius 3 is 2.94 bits per heavy atom. The number of esters is 1. The first-order chi connectivity index (χ1) is 8.78. The summed E-state index contributed by atoms with van der Waals surface area (Å²) < 4.78 is 6.80. The average molecular weight is 304 g/mol. The fourth-order valence-corrected chi connectivity index (χ4v) is 3.80. The molecule has 0 spiro atoms. The minimum atomic E-state index is -0.209. The van der Waals surface area contributed by atoms with Gasteiger partial charge in [0, 0.05) is 0 Å². The molecule has 0 saturated carbocycles. The van der Waals surface area contributed by atoms with E-state index < -0.39 is 0 Å². The molecule has 90 valence electrons. The maximum atomic E-state index is 11.7. The van der Waals surface area contributed by atoms with Crippen molar-refractivity contribution in [2.45, 2.75) is 6.92 Å². The monoisotopic (exact) mass is 305 g/mol. The van der Waals surface area contributed by atoms with Crippen molar-refractivity contribution in [1.29, 1.82) is 0 Å². The van der Waals surface area contributed by atoms with Crippen molar-refractivity contribution >= 4 is 41.2 Å². The molecular weight excluding hydrogens is 293 g/mol. The van der Waals surface area contributed by atoms with Gasteiger partial charge in [-0.25, -0.2) is 0 Å². The van der Waals surface area contributed by atoms with Crippen LogP contribution in [0.25, 0.3) is 20.7 Å². The molecule has 0 amide bonds. The molecule has 0 radical (unpaired) electrons. The molecule has 0 atom stereocenters. The van der Waals surface area contributed by atoms with Crippen molar-refractivity contribution in [3.8, 4) is 0 Å². The van der Waals surface area contributed by atoms with Crippen LogP contribution in [0.2, 0.25) is 0 Å². The number of benzene rings is 1. The Labute approximate surface area is 110 Å². The second-order valence-corrected chi connectivity index (χ2v) is 6.07. The summed E-state index contributed by atoms with van der Waals surface area (Å²) >= 11 is -0.0361. The van der Waals surface area contributed by atoms with Crippen molar-refractivity contribution in [2.75, 3.05) is 6.61 Å². The molecule has 18 heavy (non-hydrogen) atoms. The zero-order chi connectivity index (χ0) is 12.5. The van der Waals surface area contributed by atoms with Gasteiger partial charge in [-0.05, 0) is 0 Å². The third-order valence-electron chi connectivity index (χ3n) is 2.69. The summed E-state index contributed by atoms with van der Waals surface area (Å²) in [7, 11) is 0. The molecule has 0 saturated heterocycles. The molecular formula is C14H11NO2Se. The quantitative estimate of drug-likeness (QED) is 0.540. The Kier molecular flexibility index (Phi) is 2.90. The molecule has 3 nitrogen and oxygen atoms in total. The number of aromatic nitrogens is 1. The summed E-state index contributed by atoms with van der Waals surface area (Å²) in [5, 5.41) is 2.16. The fourth-order valence-electron chi connectivity index (χ4n) is 1.88. The van der Waals surface area contributed by atoms with E-state index in [-0.39, 0.29) is 20.5 Å². The summed E-state index contributed by atoms with van der Waals surface area (Å²) in [5.41, 5.74) is 0.983. The third-order valence-corrected chi connectivity index (χ3v) is 4.84. The van der Waals surface area contributed by atoms with E-state index in [0.717, 1.165) is 25.1 Å². The second-order valence-electron chi connectivity index (χ2n) is 3.91. The van der Waals surface area contributed by atoms with Gasteiger partial charge in [0.05, 0.1) is 0 Å². The number of carbonyl (C=O) groups excluding carboxylic acids is 1. The predicted molar refractivity (Wildman–Crippen MR) is 72.1 cm³/mol. The maximum absolute atomic E-state index is 11.7. The number of nitrogens with zero attached hydrogens (tertiary/aromatic N) is 1. The van der Waals surface area contributed by atoms with Crippen LogP contribution >= 0.6 is 0 Å². The summed E-state index contributed by atoms with van der Waals surface area (Å²) in [4.78, 5) is 16.3. The van der Waals surface area contributed by atoms with Crippen LogP contribution in [0.4, 0.5) is 0 Å². The number of fused-ring (bicyclic) bond motifs is 2. The van der Waals surface area contributed by atoms with E-state index in [1.807, 2.05) is 37.3 Å². The van der Waals surface area contributed by atoms with Crippen LogP contribution in [-0.2, 0) is 4.74 Å². The average Bonchev–Trinajstić information content (AvgIpc) is 2.79. The van der Waals surface area contributed by atoms with E-state index in [4.69, 9.17) is 4.74 Å². The van der Waals surface area contributed by atoms with Gasteiger partial charge in [0.2, 0.25) is 0 Å². The molecule has 0 bridgehead atoms. The predicted octanol–water partition coefficient (Wildman–Crippen LogP) is 2.62. The third kappa shape index (κ3) is 1.94. The Morgan fingerprint density at radius 1 is 1.28 bits per heavy atom. The van der Waals surface area contributed by atoms with Gasteiger partial charge >= 0.3 is 110 Å².